The highest BCUT2D eigenvalue weighted by molar-refractivity contribution is 5.76. The van der Waals surface area contributed by atoms with E-state index in [2.05, 4.69) is 27.7 Å². The summed E-state index contributed by atoms with van der Waals surface area (Å²) in [6.07, 6.45) is 17.1. The number of rotatable bonds is 21. The zero-order chi connectivity index (χ0) is 22.5. The summed E-state index contributed by atoms with van der Waals surface area (Å²) in [6, 6.07) is 0. The monoisotopic (exact) mass is 426 g/mol. The van der Waals surface area contributed by atoms with Crippen molar-refractivity contribution < 1.29 is 19.1 Å². The van der Waals surface area contributed by atoms with Crippen molar-refractivity contribution in [2.45, 2.75) is 137 Å². The van der Waals surface area contributed by atoms with Crippen molar-refractivity contribution in [2.24, 2.45) is 5.41 Å². The summed E-state index contributed by atoms with van der Waals surface area (Å²) in [5.74, 6) is -0.0101. The number of unbranched alkanes of at least 4 members (excludes halogenated alkanes) is 8. The molecule has 0 aliphatic rings. The lowest BCUT2D eigenvalue weighted by Crippen LogP contribution is -2.33. The molecular weight excluding hydrogens is 376 g/mol. The fourth-order valence-corrected chi connectivity index (χ4v) is 3.84. The van der Waals surface area contributed by atoms with E-state index in [1.807, 2.05) is 0 Å². The molecule has 0 aromatic carbocycles. The van der Waals surface area contributed by atoms with Gasteiger partial charge < -0.3 is 9.47 Å². The lowest BCUT2D eigenvalue weighted by atomic mass is 9.74. The molecule has 0 heterocycles. The molecule has 0 bridgehead atoms. The third-order valence-corrected chi connectivity index (χ3v) is 5.98. The number of hydrogen-bond acceptors (Lipinski definition) is 4. The third-order valence-electron chi connectivity index (χ3n) is 5.98. The Morgan fingerprint density at radius 2 is 1.03 bits per heavy atom. The summed E-state index contributed by atoms with van der Waals surface area (Å²) in [6.45, 7) is 9.73. The Labute approximate surface area is 186 Å². The summed E-state index contributed by atoms with van der Waals surface area (Å²) >= 11 is 0. The molecule has 0 aromatic rings. The van der Waals surface area contributed by atoms with E-state index in [0.29, 0.717) is 19.6 Å². The molecule has 178 valence electrons. The van der Waals surface area contributed by atoms with Gasteiger partial charge in [0.1, 0.15) is 0 Å². The Balaban J connectivity index is 4.40. The molecule has 0 N–H and O–H groups in total. The van der Waals surface area contributed by atoms with Crippen molar-refractivity contribution in [1.82, 2.24) is 0 Å². The summed E-state index contributed by atoms with van der Waals surface area (Å²) < 4.78 is 10.9. The maximum Gasteiger partial charge on any atom is 0.312 e. The highest BCUT2D eigenvalue weighted by Gasteiger charge is 2.38. The minimum absolute atomic E-state index is 0.0488. The van der Waals surface area contributed by atoms with Crippen LogP contribution >= 0.6 is 0 Å². The van der Waals surface area contributed by atoms with Crippen LogP contribution in [0.4, 0.5) is 0 Å². The molecule has 0 saturated carbocycles. The van der Waals surface area contributed by atoms with Gasteiger partial charge in [0.2, 0.25) is 0 Å². The molecule has 0 fully saturated rings. The summed E-state index contributed by atoms with van der Waals surface area (Å²) in [5.41, 5.74) is -0.289. The molecule has 0 spiro atoms. The van der Waals surface area contributed by atoms with Crippen LogP contribution < -0.4 is 0 Å². The first-order chi connectivity index (χ1) is 14.6. The minimum atomic E-state index is -0.289. The number of hydrogen-bond donors (Lipinski definition) is 0. The number of esters is 2. The highest BCUT2D eigenvalue weighted by Crippen LogP contribution is 2.38. The quantitative estimate of drug-likeness (QED) is 0.139. The first kappa shape index (κ1) is 28.9. The minimum Gasteiger partial charge on any atom is -0.466 e. The largest absolute Gasteiger partial charge is 0.466 e. The number of carbonyl (C=O) groups is 2. The van der Waals surface area contributed by atoms with Gasteiger partial charge in [-0.1, -0.05) is 91.9 Å². The fraction of sp³-hybridized carbons (Fsp3) is 0.923. The summed E-state index contributed by atoms with van der Waals surface area (Å²) in [7, 11) is 0. The van der Waals surface area contributed by atoms with Crippen molar-refractivity contribution in [2.75, 3.05) is 13.2 Å². The van der Waals surface area contributed by atoms with Crippen LogP contribution in [0.3, 0.4) is 0 Å². The average Bonchev–Trinajstić information content (AvgIpc) is 2.74. The standard InChI is InChI=1S/C26H50O4/c1-5-9-19-26(20-10-6-2,25(28)30-23-12-8-4)21-17-15-13-14-16-18-24(27)29-22-11-7-3/h5-23H2,1-4H3. The predicted molar refractivity (Wildman–Crippen MR) is 126 cm³/mol. The number of carbonyl (C=O) groups excluding carboxylic acids is 2. The van der Waals surface area contributed by atoms with Crippen LogP contribution in [0.1, 0.15) is 137 Å². The van der Waals surface area contributed by atoms with E-state index >= 15 is 0 Å². The van der Waals surface area contributed by atoms with E-state index in [1.54, 1.807) is 0 Å². The van der Waals surface area contributed by atoms with E-state index in [1.165, 1.54) is 0 Å². The van der Waals surface area contributed by atoms with E-state index < -0.39 is 0 Å². The van der Waals surface area contributed by atoms with Gasteiger partial charge in [-0.25, -0.2) is 0 Å². The highest BCUT2D eigenvalue weighted by atomic mass is 16.5. The van der Waals surface area contributed by atoms with Gasteiger partial charge in [-0.05, 0) is 38.5 Å². The van der Waals surface area contributed by atoms with Gasteiger partial charge in [0, 0.05) is 6.42 Å². The van der Waals surface area contributed by atoms with Gasteiger partial charge >= 0.3 is 11.9 Å². The lowest BCUT2D eigenvalue weighted by Gasteiger charge is -2.32. The molecular formula is C26H50O4. The molecule has 4 heteroatoms. The second-order valence-electron chi connectivity index (χ2n) is 8.82. The topological polar surface area (TPSA) is 52.6 Å². The van der Waals surface area contributed by atoms with Gasteiger partial charge in [0.15, 0.2) is 0 Å². The molecule has 0 saturated heterocycles. The Morgan fingerprint density at radius 1 is 0.567 bits per heavy atom. The zero-order valence-electron chi connectivity index (χ0n) is 20.6. The van der Waals surface area contributed by atoms with Crippen LogP contribution in [-0.2, 0) is 19.1 Å². The molecule has 30 heavy (non-hydrogen) atoms. The van der Waals surface area contributed by atoms with E-state index in [0.717, 1.165) is 103 Å². The van der Waals surface area contributed by atoms with Gasteiger partial charge in [0.25, 0.3) is 0 Å². The Bertz CT molecular complexity index is 411. The average molecular weight is 427 g/mol. The van der Waals surface area contributed by atoms with Gasteiger partial charge in [-0.2, -0.15) is 0 Å². The molecule has 0 rings (SSSR count). The smallest absolute Gasteiger partial charge is 0.312 e. The SMILES string of the molecule is CCCCOC(=O)CCCCCCCC(CCCC)(CCCC)C(=O)OCCCC. The molecule has 0 atom stereocenters. The van der Waals surface area contributed by atoms with Gasteiger partial charge in [-0.3, -0.25) is 9.59 Å². The zero-order valence-corrected chi connectivity index (χ0v) is 20.6. The fourth-order valence-electron chi connectivity index (χ4n) is 3.84. The van der Waals surface area contributed by atoms with Crippen LogP contribution in [0.2, 0.25) is 0 Å². The first-order valence-electron chi connectivity index (χ1n) is 12.9. The summed E-state index contributed by atoms with van der Waals surface area (Å²) in [4.78, 5) is 24.7. The van der Waals surface area contributed by atoms with Crippen molar-refractivity contribution in [3.05, 3.63) is 0 Å². The van der Waals surface area contributed by atoms with Crippen LogP contribution in [0.5, 0.6) is 0 Å². The van der Waals surface area contributed by atoms with Gasteiger partial charge in [0.05, 0.1) is 18.6 Å². The second kappa shape index (κ2) is 19.9. The molecule has 0 aliphatic heterocycles. The van der Waals surface area contributed by atoms with Gasteiger partial charge in [-0.15, -0.1) is 0 Å². The number of ether oxygens (including phenoxy) is 2. The molecule has 0 aromatic heterocycles. The van der Waals surface area contributed by atoms with E-state index in [4.69, 9.17) is 9.47 Å². The maximum atomic E-state index is 13.0. The molecule has 0 radical (unpaired) electrons. The second-order valence-corrected chi connectivity index (χ2v) is 8.82. The predicted octanol–water partition coefficient (Wildman–Crippen LogP) is 7.77. The van der Waals surface area contributed by atoms with Crippen molar-refractivity contribution in [3.8, 4) is 0 Å². The lowest BCUT2D eigenvalue weighted by molar-refractivity contribution is -0.158. The molecule has 0 unspecified atom stereocenters. The Hall–Kier alpha value is -1.06. The normalized spacial score (nSPS) is 11.5. The van der Waals surface area contributed by atoms with E-state index in [-0.39, 0.29) is 17.4 Å². The Kier molecular flexibility index (Phi) is 19.2. The van der Waals surface area contributed by atoms with Crippen molar-refractivity contribution in [1.29, 1.82) is 0 Å². The van der Waals surface area contributed by atoms with Crippen LogP contribution in [0, 0.1) is 5.41 Å². The molecule has 4 nitrogen and oxygen atoms in total. The van der Waals surface area contributed by atoms with Crippen molar-refractivity contribution in [3.63, 3.8) is 0 Å². The summed E-state index contributed by atoms with van der Waals surface area (Å²) in [5, 5.41) is 0. The van der Waals surface area contributed by atoms with Crippen LogP contribution in [0.25, 0.3) is 0 Å². The van der Waals surface area contributed by atoms with Crippen molar-refractivity contribution >= 4 is 11.9 Å². The van der Waals surface area contributed by atoms with Crippen LogP contribution in [0.15, 0.2) is 0 Å². The molecule has 0 aliphatic carbocycles. The van der Waals surface area contributed by atoms with E-state index in [9.17, 15) is 9.59 Å². The Morgan fingerprint density at radius 3 is 1.60 bits per heavy atom. The maximum absolute atomic E-state index is 13.0. The third kappa shape index (κ3) is 14.0. The molecule has 0 amide bonds. The van der Waals surface area contributed by atoms with Crippen LogP contribution in [-0.4, -0.2) is 25.2 Å². The first-order valence-corrected chi connectivity index (χ1v) is 12.9.